The quantitative estimate of drug-likeness (QED) is 0.913. The van der Waals surface area contributed by atoms with Crippen LogP contribution in [0, 0.1) is 0 Å². The first-order chi connectivity index (χ1) is 10.4. The molecular formula is C14H15NO4S3. The number of ether oxygens (including phenoxy) is 1. The lowest BCUT2D eigenvalue weighted by molar-refractivity contribution is -0.119. The molecule has 3 heterocycles. The first-order valence-electron chi connectivity index (χ1n) is 6.70. The van der Waals surface area contributed by atoms with Gasteiger partial charge in [-0.2, -0.15) is 0 Å². The molecule has 1 aliphatic rings. The normalized spacial score (nSPS) is 18.0. The number of nitrogens with one attached hydrogen (secondary N) is 1. The summed E-state index contributed by atoms with van der Waals surface area (Å²) in [5.41, 5.74) is 1.24. The third kappa shape index (κ3) is 3.24. The molecular weight excluding hydrogens is 342 g/mol. The van der Waals surface area contributed by atoms with Crippen LogP contribution in [0.2, 0.25) is 0 Å². The Balaban J connectivity index is 1.71. The number of anilines is 1. The van der Waals surface area contributed by atoms with E-state index in [-0.39, 0.29) is 23.3 Å². The van der Waals surface area contributed by atoms with Gasteiger partial charge >= 0.3 is 0 Å². The van der Waals surface area contributed by atoms with Crippen molar-refractivity contribution in [2.75, 3.05) is 18.2 Å². The summed E-state index contributed by atoms with van der Waals surface area (Å²) >= 11 is 2.80. The Hall–Kier alpha value is -1.22. The van der Waals surface area contributed by atoms with E-state index in [1.807, 2.05) is 5.38 Å². The number of carbonyl (C=O) groups is 1. The van der Waals surface area contributed by atoms with Gasteiger partial charge in [-0.15, -0.1) is 22.7 Å². The minimum atomic E-state index is -3.34. The predicted molar refractivity (Wildman–Crippen MR) is 87.4 cm³/mol. The lowest BCUT2D eigenvalue weighted by Crippen LogP contribution is -2.21. The Morgan fingerprint density at radius 1 is 1.36 bits per heavy atom. The fraction of sp³-hybridized carbons (Fsp3) is 0.357. The summed E-state index contributed by atoms with van der Waals surface area (Å²) in [6, 6.07) is 3.57. The third-order valence-electron chi connectivity index (χ3n) is 3.42. The van der Waals surface area contributed by atoms with Crippen LogP contribution >= 0.6 is 22.7 Å². The van der Waals surface area contributed by atoms with Crippen LogP contribution in [-0.4, -0.2) is 27.2 Å². The number of hydrogen-bond donors (Lipinski definition) is 1. The number of thiophene rings is 2. The molecule has 0 saturated carbocycles. The Kier molecular flexibility index (Phi) is 4.35. The van der Waals surface area contributed by atoms with E-state index in [0.29, 0.717) is 11.6 Å². The fourth-order valence-electron chi connectivity index (χ4n) is 2.40. The van der Waals surface area contributed by atoms with Crippen LogP contribution < -0.4 is 5.32 Å². The van der Waals surface area contributed by atoms with Crippen molar-refractivity contribution in [2.45, 2.75) is 23.8 Å². The molecule has 0 aromatic carbocycles. The number of carbonyl (C=O) groups excluding carboxylic acids is 1. The maximum atomic E-state index is 12.2. The third-order valence-corrected chi connectivity index (χ3v) is 6.57. The van der Waals surface area contributed by atoms with E-state index in [2.05, 4.69) is 11.4 Å². The molecule has 0 fully saturated rings. The van der Waals surface area contributed by atoms with Crippen molar-refractivity contribution in [1.29, 1.82) is 0 Å². The summed E-state index contributed by atoms with van der Waals surface area (Å²) in [5.74, 6) is -0.237. The van der Waals surface area contributed by atoms with Gasteiger partial charge in [-0.3, -0.25) is 4.79 Å². The van der Waals surface area contributed by atoms with E-state index in [1.54, 1.807) is 16.7 Å². The van der Waals surface area contributed by atoms with Crippen molar-refractivity contribution in [3.8, 4) is 0 Å². The molecule has 8 heteroatoms. The van der Waals surface area contributed by atoms with Crippen molar-refractivity contribution in [3.05, 3.63) is 33.3 Å². The average molecular weight is 357 g/mol. The second-order valence-electron chi connectivity index (χ2n) is 5.06. The molecule has 0 bridgehead atoms. The minimum Gasteiger partial charge on any atom is -0.372 e. The van der Waals surface area contributed by atoms with Crippen LogP contribution in [0.5, 0.6) is 0 Å². The summed E-state index contributed by atoms with van der Waals surface area (Å²) in [6.45, 7) is 0.606. The van der Waals surface area contributed by atoms with Gasteiger partial charge in [0.25, 0.3) is 0 Å². The summed E-state index contributed by atoms with van der Waals surface area (Å²) in [6.07, 6.45) is 1.95. The molecule has 0 spiro atoms. The highest BCUT2D eigenvalue weighted by molar-refractivity contribution is 7.91. The predicted octanol–water partition coefficient (Wildman–Crippen LogP) is 2.86. The number of sulfone groups is 1. The van der Waals surface area contributed by atoms with Gasteiger partial charge in [-0.25, -0.2) is 8.42 Å². The maximum absolute atomic E-state index is 12.2. The molecule has 3 rings (SSSR count). The van der Waals surface area contributed by atoms with Crippen molar-refractivity contribution >= 4 is 43.4 Å². The van der Waals surface area contributed by atoms with Crippen molar-refractivity contribution in [2.24, 2.45) is 0 Å². The van der Waals surface area contributed by atoms with Gasteiger partial charge in [0.15, 0.2) is 9.84 Å². The first-order valence-corrected chi connectivity index (χ1v) is 10.4. The van der Waals surface area contributed by atoms with E-state index >= 15 is 0 Å². The molecule has 1 N–H and O–H groups in total. The van der Waals surface area contributed by atoms with Crippen LogP contribution in [0.3, 0.4) is 0 Å². The Morgan fingerprint density at radius 3 is 2.91 bits per heavy atom. The van der Waals surface area contributed by atoms with E-state index < -0.39 is 9.84 Å². The molecule has 1 amide bonds. The molecule has 22 heavy (non-hydrogen) atoms. The molecule has 5 nitrogen and oxygen atoms in total. The Labute approximate surface area is 136 Å². The van der Waals surface area contributed by atoms with Crippen molar-refractivity contribution < 1.29 is 17.9 Å². The Bertz CT molecular complexity index is 791. The second kappa shape index (κ2) is 6.11. The zero-order valence-electron chi connectivity index (χ0n) is 11.9. The van der Waals surface area contributed by atoms with Gasteiger partial charge in [-0.1, -0.05) is 0 Å². The molecule has 1 atom stereocenters. The van der Waals surface area contributed by atoms with E-state index in [4.69, 9.17) is 4.74 Å². The first kappa shape index (κ1) is 15.7. The van der Waals surface area contributed by atoms with Gasteiger partial charge in [0.1, 0.15) is 16.0 Å². The lowest BCUT2D eigenvalue weighted by atomic mass is 10.1. The summed E-state index contributed by atoms with van der Waals surface area (Å²) in [4.78, 5) is 13.5. The molecule has 118 valence electrons. The molecule has 1 unspecified atom stereocenters. The highest BCUT2D eigenvalue weighted by Crippen LogP contribution is 2.34. The molecule has 2 aromatic rings. The summed E-state index contributed by atoms with van der Waals surface area (Å²) < 4.78 is 29.0. The zero-order valence-corrected chi connectivity index (χ0v) is 14.3. The SMILES string of the molecule is CS(=O)(=O)c1ccsc1NC(=O)CC1OCCc2ccsc21. The Morgan fingerprint density at radius 2 is 2.14 bits per heavy atom. The van der Waals surface area contributed by atoms with Crippen LogP contribution in [-0.2, 0) is 25.8 Å². The van der Waals surface area contributed by atoms with E-state index in [1.165, 1.54) is 23.0 Å². The fourth-order valence-corrected chi connectivity index (χ4v) is 5.49. The van der Waals surface area contributed by atoms with E-state index in [0.717, 1.165) is 17.6 Å². The van der Waals surface area contributed by atoms with Gasteiger partial charge in [-0.05, 0) is 34.9 Å². The summed E-state index contributed by atoms with van der Waals surface area (Å²) in [5, 5.41) is 6.72. The smallest absolute Gasteiger partial charge is 0.228 e. The number of hydrogen-bond acceptors (Lipinski definition) is 6. The largest absolute Gasteiger partial charge is 0.372 e. The van der Waals surface area contributed by atoms with Gasteiger partial charge < -0.3 is 10.1 Å². The second-order valence-corrected chi connectivity index (χ2v) is 8.91. The highest BCUT2D eigenvalue weighted by atomic mass is 32.2. The monoisotopic (exact) mass is 357 g/mol. The minimum absolute atomic E-state index is 0.159. The molecule has 1 aliphatic heterocycles. The van der Waals surface area contributed by atoms with Gasteiger partial charge in [0, 0.05) is 11.1 Å². The van der Waals surface area contributed by atoms with Crippen LogP contribution in [0.25, 0.3) is 0 Å². The molecule has 0 aliphatic carbocycles. The van der Waals surface area contributed by atoms with Crippen LogP contribution in [0.4, 0.5) is 5.00 Å². The lowest BCUT2D eigenvalue weighted by Gasteiger charge is -2.22. The number of rotatable bonds is 4. The highest BCUT2D eigenvalue weighted by Gasteiger charge is 2.25. The summed E-state index contributed by atoms with van der Waals surface area (Å²) in [7, 11) is -3.34. The van der Waals surface area contributed by atoms with Gasteiger partial charge in [0.2, 0.25) is 5.91 Å². The molecule has 0 saturated heterocycles. The van der Waals surface area contributed by atoms with Crippen LogP contribution in [0.1, 0.15) is 23.0 Å². The topological polar surface area (TPSA) is 72.5 Å². The zero-order chi connectivity index (χ0) is 15.7. The molecule has 0 radical (unpaired) electrons. The average Bonchev–Trinajstić information content (AvgIpc) is 3.06. The van der Waals surface area contributed by atoms with Crippen LogP contribution in [0.15, 0.2) is 27.8 Å². The number of fused-ring (bicyclic) bond motifs is 1. The van der Waals surface area contributed by atoms with Crippen molar-refractivity contribution in [1.82, 2.24) is 0 Å². The van der Waals surface area contributed by atoms with E-state index in [9.17, 15) is 13.2 Å². The van der Waals surface area contributed by atoms with Crippen molar-refractivity contribution in [3.63, 3.8) is 0 Å². The number of amides is 1. The standard InChI is InChI=1S/C14H15NO4S3/c1-22(17,18)11-4-7-21-14(11)15-12(16)8-10-13-9(2-5-19-10)3-6-20-13/h3-4,6-7,10H,2,5,8H2,1H3,(H,15,16). The molecule has 2 aromatic heterocycles. The maximum Gasteiger partial charge on any atom is 0.228 e. The van der Waals surface area contributed by atoms with Gasteiger partial charge in [0.05, 0.1) is 13.0 Å².